The van der Waals surface area contributed by atoms with Crippen LogP contribution < -0.4 is 9.64 Å². The molecule has 0 bridgehead atoms. The van der Waals surface area contributed by atoms with Crippen molar-refractivity contribution in [3.8, 4) is 16.9 Å². The Kier molecular flexibility index (Phi) is 8.82. The van der Waals surface area contributed by atoms with E-state index in [1.807, 2.05) is 78.9 Å². The zero-order valence-electron chi connectivity index (χ0n) is 24.1. The number of carbonyl (C=O) groups excluding carboxylic acids is 2. The van der Waals surface area contributed by atoms with Gasteiger partial charge in [0.25, 0.3) is 11.8 Å². The molecular formula is C36H32N2O5. The number of nitrogens with zero attached hydrogens (tertiary/aromatic N) is 2. The molecule has 0 saturated carbocycles. The number of fused-ring (bicyclic) bond motifs is 1. The van der Waals surface area contributed by atoms with E-state index in [9.17, 15) is 19.5 Å². The maximum Gasteiger partial charge on any atom is 0.305 e. The highest BCUT2D eigenvalue weighted by molar-refractivity contribution is 6.14. The van der Waals surface area contributed by atoms with Crippen molar-refractivity contribution in [3.63, 3.8) is 0 Å². The molecule has 5 rings (SSSR count). The van der Waals surface area contributed by atoms with E-state index in [1.54, 1.807) is 55.5 Å². The van der Waals surface area contributed by atoms with Crippen molar-refractivity contribution < 1.29 is 24.2 Å². The smallest absolute Gasteiger partial charge is 0.305 e. The lowest BCUT2D eigenvalue weighted by Crippen LogP contribution is -2.33. The molecule has 2 amide bonds. The average molecular weight is 573 g/mol. The number of rotatable bonds is 10. The van der Waals surface area contributed by atoms with Gasteiger partial charge in [-0.3, -0.25) is 14.4 Å². The fourth-order valence-electron chi connectivity index (χ4n) is 5.20. The fourth-order valence-corrected chi connectivity index (χ4v) is 5.20. The summed E-state index contributed by atoms with van der Waals surface area (Å²) in [6.45, 7) is 0.244. The first-order chi connectivity index (χ1) is 20.9. The minimum absolute atomic E-state index is 0.0267. The lowest BCUT2D eigenvalue weighted by atomic mass is 9.93. The summed E-state index contributed by atoms with van der Waals surface area (Å²) in [5, 5.41) is 11.4. The Morgan fingerprint density at radius 3 is 1.93 bits per heavy atom. The number of benzene rings is 5. The number of methoxy groups -OCH3 is 1. The Balaban J connectivity index is 1.51. The largest absolute Gasteiger partial charge is 0.497 e. The molecule has 0 unspecified atom stereocenters. The standard InChI is InChI=1S/C36H32N2O5/c1-37(33-17-9-11-26-10-3-4-12-28(26)33)35(41)31-15-7-5-13-29(31)30-14-6-8-16-32(30)36(42)38(23-22-34(39)40)24-25-18-20-27(43-2)21-19-25/h3-21H,22-24H2,1-2H3,(H,39,40). The van der Waals surface area contributed by atoms with Crippen molar-refractivity contribution in [1.82, 2.24) is 4.90 Å². The van der Waals surface area contributed by atoms with Gasteiger partial charge in [0.05, 0.1) is 19.2 Å². The third kappa shape index (κ3) is 6.41. The molecule has 0 aliphatic carbocycles. The highest BCUT2D eigenvalue weighted by atomic mass is 16.5. The third-order valence-corrected chi connectivity index (χ3v) is 7.45. The van der Waals surface area contributed by atoms with E-state index >= 15 is 0 Å². The van der Waals surface area contributed by atoms with Crippen LogP contribution in [0.5, 0.6) is 5.75 Å². The van der Waals surface area contributed by atoms with Crippen LogP contribution in [-0.4, -0.2) is 48.5 Å². The second kappa shape index (κ2) is 13.0. The topological polar surface area (TPSA) is 87.1 Å². The summed E-state index contributed by atoms with van der Waals surface area (Å²) in [6.07, 6.45) is -0.199. The molecule has 216 valence electrons. The predicted molar refractivity (Wildman–Crippen MR) is 169 cm³/mol. The first kappa shape index (κ1) is 29.1. The van der Waals surface area contributed by atoms with Crippen LogP contribution in [0.3, 0.4) is 0 Å². The number of anilines is 1. The van der Waals surface area contributed by atoms with Crippen molar-refractivity contribution in [3.05, 3.63) is 132 Å². The van der Waals surface area contributed by atoms with Gasteiger partial charge in [0.2, 0.25) is 0 Å². The molecule has 5 aromatic rings. The molecule has 0 radical (unpaired) electrons. The number of hydrogen-bond acceptors (Lipinski definition) is 4. The molecule has 0 heterocycles. The van der Waals surface area contributed by atoms with Crippen LogP contribution in [0, 0.1) is 0 Å². The van der Waals surface area contributed by atoms with E-state index < -0.39 is 5.97 Å². The molecule has 0 atom stereocenters. The fraction of sp³-hybridized carbons (Fsp3) is 0.139. The van der Waals surface area contributed by atoms with Crippen LogP contribution in [0.4, 0.5) is 5.69 Å². The van der Waals surface area contributed by atoms with Crippen molar-refractivity contribution >= 4 is 34.2 Å². The highest BCUT2D eigenvalue weighted by Crippen LogP contribution is 2.32. The van der Waals surface area contributed by atoms with E-state index in [0.29, 0.717) is 28.0 Å². The molecular weight excluding hydrogens is 540 g/mol. The SMILES string of the molecule is COc1ccc(CN(CCC(=O)O)C(=O)c2ccccc2-c2ccccc2C(=O)N(C)c2cccc3ccccc23)cc1. The molecule has 0 aliphatic heterocycles. The number of hydrogen-bond donors (Lipinski definition) is 1. The Bertz CT molecular complexity index is 1780. The van der Waals surface area contributed by atoms with Gasteiger partial charge in [-0.25, -0.2) is 0 Å². The average Bonchev–Trinajstić information content (AvgIpc) is 3.05. The van der Waals surface area contributed by atoms with Crippen LogP contribution in [-0.2, 0) is 11.3 Å². The maximum absolute atomic E-state index is 14.1. The molecule has 7 nitrogen and oxygen atoms in total. The van der Waals surface area contributed by atoms with Gasteiger partial charge in [0.1, 0.15) is 5.75 Å². The van der Waals surface area contributed by atoms with E-state index in [4.69, 9.17) is 4.74 Å². The summed E-state index contributed by atoms with van der Waals surface area (Å²) in [7, 11) is 3.33. The first-order valence-corrected chi connectivity index (χ1v) is 14.0. The number of carboxylic acid groups (broad SMARTS) is 1. The molecule has 0 saturated heterocycles. The van der Waals surface area contributed by atoms with Gasteiger partial charge in [-0.15, -0.1) is 0 Å². The zero-order chi connectivity index (χ0) is 30.3. The summed E-state index contributed by atoms with van der Waals surface area (Å²) in [5.41, 5.74) is 3.66. The molecule has 5 aromatic carbocycles. The highest BCUT2D eigenvalue weighted by Gasteiger charge is 2.24. The van der Waals surface area contributed by atoms with Gasteiger partial charge >= 0.3 is 5.97 Å². The molecule has 7 heteroatoms. The van der Waals surface area contributed by atoms with Crippen LogP contribution in [0.25, 0.3) is 21.9 Å². The molecule has 1 N–H and O–H groups in total. The summed E-state index contributed by atoms with van der Waals surface area (Å²) in [5.74, 6) is -0.840. The van der Waals surface area contributed by atoms with Crippen LogP contribution in [0.15, 0.2) is 115 Å². The van der Waals surface area contributed by atoms with E-state index in [2.05, 4.69) is 0 Å². The van der Waals surface area contributed by atoms with Crippen LogP contribution in [0.1, 0.15) is 32.7 Å². The minimum atomic E-state index is -0.992. The van der Waals surface area contributed by atoms with E-state index in [0.717, 1.165) is 22.0 Å². The minimum Gasteiger partial charge on any atom is -0.497 e. The van der Waals surface area contributed by atoms with Gasteiger partial charge in [-0.2, -0.15) is 0 Å². The monoisotopic (exact) mass is 572 g/mol. The number of carboxylic acids is 1. The Morgan fingerprint density at radius 2 is 1.28 bits per heavy atom. The first-order valence-electron chi connectivity index (χ1n) is 14.0. The van der Waals surface area contributed by atoms with E-state index in [-0.39, 0.29) is 31.3 Å². The van der Waals surface area contributed by atoms with Crippen molar-refractivity contribution in [2.45, 2.75) is 13.0 Å². The van der Waals surface area contributed by atoms with Crippen molar-refractivity contribution in [1.29, 1.82) is 0 Å². The second-order valence-corrected chi connectivity index (χ2v) is 10.2. The molecule has 0 fully saturated rings. The summed E-state index contributed by atoms with van der Waals surface area (Å²) in [4.78, 5) is 42.7. The number of carbonyl (C=O) groups is 3. The quantitative estimate of drug-likeness (QED) is 0.197. The molecule has 0 aromatic heterocycles. The Hall–Kier alpha value is -5.43. The summed E-state index contributed by atoms with van der Waals surface area (Å²) in [6, 6.07) is 35.4. The Labute approximate surface area is 250 Å². The lowest BCUT2D eigenvalue weighted by Gasteiger charge is -2.25. The van der Waals surface area contributed by atoms with E-state index in [1.165, 1.54) is 4.90 Å². The predicted octanol–water partition coefficient (Wildman–Crippen LogP) is 6.91. The van der Waals surface area contributed by atoms with Gasteiger partial charge < -0.3 is 19.6 Å². The number of amides is 2. The maximum atomic E-state index is 14.1. The lowest BCUT2D eigenvalue weighted by molar-refractivity contribution is -0.137. The molecule has 0 aliphatic rings. The Morgan fingerprint density at radius 1 is 0.698 bits per heavy atom. The van der Waals surface area contributed by atoms with Gasteiger partial charge in [0.15, 0.2) is 0 Å². The van der Waals surface area contributed by atoms with Crippen molar-refractivity contribution in [2.24, 2.45) is 0 Å². The normalized spacial score (nSPS) is 10.7. The summed E-state index contributed by atoms with van der Waals surface area (Å²) >= 11 is 0. The van der Waals surface area contributed by atoms with Crippen molar-refractivity contribution in [2.75, 3.05) is 25.6 Å². The molecule has 43 heavy (non-hydrogen) atoms. The second-order valence-electron chi connectivity index (χ2n) is 10.2. The van der Waals surface area contributed by atoms with Gasteiger partial charge in [0, 0.05) is 36.7 Å². The van der Waals surface area contributed by atoms with Gasteiger partial charge in [-0.1, -0.05) is 84.9 Å². The van der Waals surface area contributed by atoms with Crippen LogP contribution >= 0.6 is 0 Å². The van der Waals surface area contributed by atoms with Crippen LogP contribution in [0.2, 0.25) is 0 Å². The zero-order valence-corrected chi connectivity index (χ0v) is 24.1. The summed E-state index contributed by atoms with van der Waals surface area (Å²) < 4.78 is 5.24. The number of aliphatic carboxylic acids is 1. The number of ether oxygens (including phenoxy) is 1. The molecule has 0 spiro atoms. The third-order valence-electron chi connectivity index (χ3n) is 7.45. The van der Waals surface area contributed by atoms with Gasteiger partial charge in [-0.05, 0) is 52.4 Å².